The highest BCUT2D eigenvalue weighted by Gasteiger charge is 2.30. The van der Waals surface area contributed by atoms with Gasteiger partial charge in [0.05, 0.1) is 11.6 Å². The fraction of sp³-hybridized carbons (Fsp3) is 0.385. The standard InChI is InChI=1S/C13H14N2O3/c1-7-10-3-2-8(5-12(10)18-15-7)11-4-9(6-14-11)13(16)17/h2-3,5,9,11,14H,4,6H2,1H3,(H,16,17). The molecule has 1 aliphatic heterocycles. The molecule has 5 heteroatoms. The van der Waals surface area contributed by atoms with Gasteiger partial charge in [-0.25, -0.2) is 0 Å². The lowest BCUT2D eigenvalue weighted by atomic mass is 9.99. The van der Waals surface area contributed by atoms with E-state index in [4.69, 9.17) is 9.63 Å². The summed E-state index contributed by atoms with van der Waals surface area (Å²) in [7, 11) is 0. The van der Waals surface area contributed by atoms with Crippen LogP contribution in [0.5, 0.6) is 0 Å². The molecule has 18 heavy (non-hydrogen) atoms. The van der Waals surface area contributed by atoms with Crippen molar-refractivity contribution in [2.24, 2.45) is 5.92 Å². The number of carboxylic acids is 1. The third-order valence-corrected chi connectivity index (χ3v) is 3.56. The molecule has 2 aromatic rings. The summed E-state index contributed by atoms with van der Waals surface area (Å²) in [6, 6.07) is 6.01. The molecule has 0 aliphatic carbocycles. The number of carboxylic acid groups (broad SMARTS) is 1. The van der Waals surface area contributed by atoms with Crippen LogP contribution < -0.4 is 5.32 Å². The summed E-state index contributed by atoms with van der Waals surface area (Å²) in [6.07, 6.45) is 0.619. The lowest BCUT2D eigenvalue weighted by molar-refractivity contribution is -0.141. The van der Waals surface area contributed by atoms with Crippen molar-refractivity contribution in [1.82, 2.24) is 10.5 Å². The van der Waals surface area contributed by atoms with Gasteiger partial charge >= 0.3 is 5.97 Å². The predicted octanol–water partition coefficient (Wildman–Crippen LogP) is 1.87. The highest BCUT2D eigenvalue weighted by Crippen LogP contribution is 2.30. The number of aliphatic carboxylic acids is 1. The Morgan fingerprint density at radius 3 is 3.11 bits per heavy atom. The van der Waals surface area contributed by atoms with Gasteiger partial charge in [0.25, 0.3) is 0 Å². The molecule has 94 valence electrons. The number of rotatable bonds is 2. The largest absolute Gasteiger partial charge is 0.481 e. The third kappa shape index (κ3) is 1.76. The highest BCUT2D eigenvalue weighted by molar-refractivity contribution is 5.80. The van der Waals surface area contributed by atoms with Crippen molar-refractivity contribution in [3.8, 4) is 0 Å². The van der Waals surface area contributed by atoms with E-state index >= 15 is 0 Å². The van der Waals surface area contributed by atoms with Crippen LogP contribution in [0, 0.1) is 12.8 Å². The first kappa shape index (κ1) is 11.2. The lowest BCUT2D eigenvalue weighted by Gasteiger charge is -2.09. The molecule has 1 saturated heterocycles. The van der Waals surface area contributed by atoms with Crippen molar-refractivity contribution in [1.29, 1.82) is 0 Å². The van der Waals surface area contributed by atoms with Crippen LogP contribution in [0.4, 0.5) is 0 Å². The van der Waals surface area contributed by atoms with E-state index in [9.17, 15) is 4.79 Å². The predicted molar refractivity (Wildman–Crippen MR) is 65.2 cm³/mol. The Morgan fingerprint density at radius 2 is 2.39 bits per heavy atom. The fourth-order valence-corrected chi connectivity index (χ4v) is 2.47. The number of hydrogen-bond acceptors (Lipinski definition) is 4. The van der Waals surface area contributed by atoms with Crippen molar-refractivity contribution in [2.75, 3.05) is 6.54 Å². The molecule has 5 nitrogen and oxygen atoms in total. The van der Waals surface area contributed by atoms with Gasteiger partial charge in [-0.05, 0) is 31.0 Å². The number of aryl methyl sites for hydroxylation is 1. The highest BCUT2D eigenvalue weighted by atomic mass is 16.5. The second kappa shape index (κ2) is 4.10. The van der Waals surface area contributed by atoms with Gasteiger partial charge < -0.3 is 14.9 Å². The van der Waals surface area contributed by atoms with Crippen LogP contribution in [0.3, 0.4) is 0 Å². The number of aromatic nitrogens is 1. The molecule has 2 atom stereocenters. The summed E-state index contributed by atoms with van der Waals surface area (Å²) in [5.41, 5.74) is 2.69. The first-order valence-electron chi connectivity index (χ1n) is 5.97. The Kier molecular flexibility index (Phi) is 2.56. The normalized spacial score (nSPS) is 23.6. The van der Waals surface area contributed by atoms with Gasteiger partial charge in [0.15, 0.2) is 5.58 Å². The molecule has 1 aromatic heterocycles. The Balaban J connectivity index is 1.89. The van der Waals surface area contributed by atoms with Crippen LogP contribution >= 0.6 is 0 Å². The Bertz CT molecular complexity index is 605. The Hall–Kier alpha value is -1.88. The SMILES string of the molecule is Cc1noc2cc(C3CC(C(=O)O)CN3)ccc12. The van der Waals surface area contributed by atoms with Crippen LogP contribution in [-0.2, 0) is 4.79 Å². The molecule has 1 aromatic carbocycles. The molecule has 0 spiro atoms. The molecular formula is C13H14N2O3. The molecule has 1 aliphatic rings. The monoisotopic (exact) mass is 246 g/mol. The zero-order valence-electron chi connectivity index (χ0n) is 10.0. The summed E-state index contributed by atoms with van der Waals surface area (Å²) < 4.78 is 5.23. The molecule has 0 amide bonds. The van der Waals surface area contributed by atoms with Crippen LogP contribution in [0.25, 0.3) is 11.0 Å². The van der Waals surface area contributed by atoms with E-state index in [1.54, 1.807) is 0 Å². The van der Waals surface area contributed by atoms with E-state index < -0.39 is 5.97 Å². The topological polar surface area (TPSA) is 75.4 Å². The van der Waals surface area contributed by atoms with Gasteiger partial charge in [0.2, 0.25) is 0 Å². The van der Waals surface area contributed by atoms with E-state index in [1.807, 2.05) is 25.1 Å². The third-order valence-electron chi connectivity index (χ3n) is 3.56. The van der Waals surface area contributed by atoms with Gasteiger partial charge in [-0.3, -0.25) is 4.79 Å². The van der Waals surface area contributed by atoms with Gasteiger partial charge in [0, 0.05) is 18.0 Å². The van der Waals surface area contributed by atoms with E-state index in [0.717, 1.165) is 22.2 Å². The van der Waals surface area contributed by atoms with Gasteiger partial charge in [-0.15, -0.1) is 0 Å². The van der Waals surface area contributed by atoms with Gasteiger partial charge in [-0.1, -0.05) is 11.2 Å². The van der Waals surface area contributed by atoms with Crippen molar-refractivity contribution >= 4 is 16.9 Å². The number of nitrogens with one attached hydrogen (secondary N) is 1. The fourth-order valence-electron chi connectivity index (χ4n) is 2.47. The second-order valence-corrected chi connectivity index (χ2v) is 4.76. The number of benzene rings is 1. The number of nitrogens with zero attached hydrogens (tertiary/aromatic N) is 1. The minimum absolute atomic E-state index is 0.0842. The summed E-state index contributed by atoms with van der Waals surface area (Å²) in [5.74, 6) is -1.04. The first-order valence-corrected chi connectivity index (χ1v) is 5.97. The number of carbonyl (C=O) groups is 1. The minimum atomic E-state index is -0.735. The zero-order valence-corrected chi connectivity index (χ0v) is 10.0. The van der Waals surface area contributed by atoms with Crippen LogP contribution in [0.15, 0.2) is 22.7 Å². The molecule has 0 saturated carbocycles. The molecule has 3 rings (SSSR count). The maximum atomic E-state index is 10.9. The lowest BCUT2D eigenvalue weighted by Crippen LogP contribution is -2.17. The summed E-state index contributed by atoms with van der Waals surface area (Å²) in [4.78, 5) is 10.9. The minimum Gasteiger partial charge on any atom is -0.481 e. The van der Waals surface area contributed by atoms with E-state index in [2.05, 4.69) is 10.5 Å². The van der Waals surface area contributed by atoms with Crippen molar-refractivity contribution in [2.45, 2.75) is 19.4 Å². The molecule has 2 N–H and O–H groups in total. The van der Waals surface area contributed by atoms with E-state index in [1.165, 1.54) is 0 Å². The Labute approximate surface area is 104 Å². The average Bonchev–Trinajstić information content (AvgIpc) is 2.96. The van der Waals surface area contributed by atoms with Crippen LogP contribution in [-0.4, -0.2) is 22.8 Å². The summed E-state index contributed by atoms with van der Waals surface area (Å²) in [5, 5.41) is 17.1. The second-order valence-electron chi connectivity index (χ2n) is 4.76. The van der Waals surface area contributed by atoms with Crippen LogP contribution in [0.2, 0.25) is 0 Å². The summed E-state index contributed by atoms with van der Waals surface area (Å²) >= 11 is 0. The number of fused-ring (bicyclic) bond motifs is 1. The molecule has 0 bridgehead atoms. The zero-order chi connectivity index (χ0) is 12.7. The maximum absolute atomic E-state index is 10.9. The molecule has 2 unspecified atom stereocenters. The molecular weight excluding hydrogens is 232 g/mol. The van der Waals surface area contributed by atoms with Crippen molar-refractivity contribution in [3.05, 3.63) is 29.5 Å². The van der Waals surface area contributed by atoms with E-state index in [-0.39, 0.29) is 12.0 Å². The van der Waals surface area contributed by atoms with Crippen molar-refractivity contribution < 1.29 is 14.4 Å². The van der Waals surface area contributed by atoms with Gasteiger partial charge in [-0.2, -0.15) is 0 Å². The molecule has 0 radical (unpaired) electrons. The summed E-state index contributed by atoms with van der Waals surface area (Å²) in [6.45, 7) is 2.42. The first-order chi connectivity index (χ1) is 8.65. The quantitative estimate of drug-likeness (QED) is 0.846. The van der Waals surface area contributed by atoms with Crippen molar-refractivity contribution in [3.63, 3.8) is 0 Å². The number of hydrogen-bond donors (Lipinski definition) is 2. The van der Waals surface area contributed by atoms with E-state index in [0.29, 0.717) is 13.0 Å². The molecule has 1 fully saturated rings. The smallest absolute Gasteiger partial charge is 0.307 e. The maximum Gasteiger partial charge on any atom is 0.307 e. The molecule has 2 heterocycles. The Morgan fingerprint density at radius 1 is 1.56 bits per heavy atom. The van der Waals surface area contributed by atoms with Gasteiger partial charge in [0.1, 0.15) is 0 Å². The van der Waals surface area contributed by atoms with Crippen LogP contribution in [0.1, 0.15) is 23.7 Å². The average molecular weight is 246 g/mol.